The molecule has 0 fully saturated rings. The van der Waals surface area contributed by atoms with E-state index in [4.69, 9.17) is 9.25 Å². The lowest BCUT2D eigenvalue weighted by Gasteiger charge is -2.25. The van der Waals surface area contributed by atoms with Crippen LogP contribution in [0.25, 0.3) is 11.0 Å². The van der Waals surface area contributed by atoms with E-state index in [-0.39, 0.29) is 16.6 Å². The lowest BCUT2D eigenvalue weighted by Crippen LogP contribution is -2.16. The Labute approximate surface area is 266 Å². The van der Waals surface area contributed by atoms with Crippen molar-refractivity contribution in [3.8, 4) is 0 Å². The molecule has 4 rings (SSSR count). The Bertz CT molecular complexity index is 1650. The van der Waals surface area contributed by atoms with Crippen molar-refractivity contribution in [1.29, 1.82) is 0 Å². The van der Waals surface area contributed by atoms with E-state index in [0.29, 0.717) is 17.2 Å². The third-order valence-electron chi connectivity index (χ3n) is 7.57. The Morgan fingerprint density at radius 1 is 0.864 bits per heavy atom. The number of hydrogen-bond donors (Lipinski definition) is 0. The van der Waals surface area contributed by atoms with Crippen molar-refractivity contribution in [3.05, 3.63) is 100 Å². The van der Waals surface area contributed by atoms with E-state index in [1.165, 1.54) is 18.1 Å². The van der Waals surface area contributed by atoms with Gasteiger partial charge in [-0.25, -0.2) is 4.79 Å². The van der Waals surface area contributed by atoms with E-state index in [2.05, 4.69) is 84.8 Å². The van der Waals surface area contributed by atoms with Crippen molar-refractivity contribution in [2.75, 3.05) is 0 Å². The second-order valence-electron chi connectivity index (χ2n) is 13.9. The average molecular weight is 612 g/mol. The van der Waals surface area contributed by atoms with Gasteiger partial charge in [0.15, 0.2) is 5.76 Å². The minimum atomic E-state index is -0.422. The van der Waals surface area contributed by atoms with Gasteiger partial charge in [0.1, 0.15) is 5.58 Å². The fraction of sp³-hybridized carbons (Fsp3) is 0.395. The topological polar surface area (TPSA) is 68.9 Å². The molecule has 0 N–H and O–H groups in total. The molecule has 0 unspecified atom stereocenters. The molecule has 44 heavy (non-hydrogen) atoms. The van der Waals surface area contributed by atoms with Crippen LogP contribution in [0.2, 0.25) is 0 Å². The summed E-state index contributed by atoms with van der Waals surface area (Å²) >= 11 is 1.71. The number of rotatable bonds is 10. The van der Waals surface area contributed by atoms with Gasteiger partial charge in [0.2, 0.25) is 5.78 Å². The SMILES string of the molecule is CC(=O)ON=C(CCC(C)C)c1ccc(CSc2ccc(C(=O)c3cc4cc(C(C)(C)C)cc(C(C)(C)C)c4o3)cc2)cc1. The molecule has 4 aromatic rings. The normalized spacial score (nSPS) is 12.6. The second-order valence-corrected chi connectivity index (χ2v) is 15.0. The molecule has 6 heteroatoms. The highest BCUT2D eigenvalue weighted by atomic mass is 32.2. The highest BCUT2D eigenvalue weighted by Gasteiger charge is 2.26. The lowest BCUT2D eigenvalue weighted by atomic mass is 9.80. The summed E-state index contributed by atoms with van der Waals surface area (Å²) in [5, 5.41) is 5.07. The van der Waals surface area contributed by atoms with E-state index in [9.17, 15) is 9.59 Å². The maximum absolute atomic E-state index is 13.5. The third-order valence-corrected chi connectivity index (χ3v) is 8.65. The number of furan rings is 1. The van der Waals surface area contributed by atoms with Gasteiger partial charge in [0.25, 0.3) is 0 Å². The van der Waals surface area contributed by atoms with Crippen molar-refractivity contribution in [2.24, 2.45) is 11.1 Å². The Morgan fingerprint density at radius 3 is 2.07 bits per heavy atom. The van der Waals surface area contributed by atoms with Crippen molar-refractivity contribution in [2.45, 2.75) is 96.6 Å². The maximum Gasteiger partial charge on any atom is 0.331 e. The second kappa shape index (κ2) is 13.6. The molecule has 0 aliphatic carbocycles. The molecule has 3 aromatic carbocycles. The first-order valence-corrected chi connectivity index (χ1v) is 16.3. The molecule has 1 heterocycles. The molecule has 0 saturated heterocycles. The van der Waals surface area contributed by atoms with Gasteiger partial charge in [0.05, 0.1) is 5.71 Å². The number of carbonyl (C=O) groups is 2. The summed E-state index contributed by atoms with van der Waals surface area (Å²) in [6, 6.07) is 22.2. The molecule has 0 bridgehead atoms. The number of nitrogens with zero attached hydrogens (tertiary/aromatic N) is 1. The van der Waals surface area contributed by atoms with Crippen LogP contribution in [0.5, 0.6) is 0 Å². The standard InChI is InChI=1S/C38H45NO4S/c1-24(2)10-19-33(39-43-25(3)40)27-13-11-26(12-14-27)23-44-31-17-15-28(16-18-31)35(41)34-21-29-20-30(37(4,5)6)22-32(36(29)42-34)38(7,8)9/h11-18,20-22,24H,10,19,23H2,1-9H3. The molecule has 0 atom stereocenters. The van der Waals surface area contributed by atoms with Crippen LogP contribution in [0, 0.1) is 5.92 Å². The number of fused-ring (bicyclic) bond motifs is 1. The predicted molar refractivity (Wildman–Crippen MR) is 182 cm³/mol. The Balaban J connectivity index is 1.46. The number of oxime groups is 1. The lowest BCUT2D eigenvalue weighted by molar-refractivity contribution is -0.140. The molecule has 1 aromatic heterocycles. The Hall–Kier alpha value is -3.64. The van der Waals surface area contributed by atoms with Gasteiger partial charge in [-0.05, 0) is 82.7 Å². The summed E-state index contributed by atoms with van der Waals surface area (Å²) in [7, 11) is 0. The average Bonchev–Trinajstić information content (AvgIpc) is 3.39. The minimum absolute atomic E-state index is 0.0128. The Kier molecular flexibility index (Phi) is 10.2. The summed E-state index contributed by atoms with van der Waals surface area (Å²) in [4.78, 5) is 30.8. The molecular formula is C38H45NO4S. The van der Waals surface area contributed by atoms with Crippen molar-refractivity contribution in [3.63, 3.8) is 0 Å². The van der Waals surface area contributed by atoms with Gasteiger partial charge in [-0.2, -0.15) is 0 Å². The highest BCUT2D eigenvalue weighted by molar-refractivity contribution is 7.98. The van der Waals surface area contributed by atoms with Crippen LogP contribution in [0.1, 0.15) is 114 Å². The quantitative estimate of drug-likeness (QED) is 0.0587. The van der Waals surface area contributed by atoms with Gasteiger partial charge in [-0.3, -0.25) is 4.79 Å². The summed E-state index contributed by atoms with van der Waals surface area (Å²) < 4.78 is 6.24. The van der Waals surface area contributed by atoms with Crippen LogP contribution in [0.3, 0.4) is 0 Å². The first-order chi connectivity index (χ1) is 20.6. The molecule has 0 saturated carbocycles. The predicted octanol–water partition coefficient (Wildman–Crippen LogP) is 10.3. The number of hydrogen-bond acceptors (Lipinski definition) is 6. The maximum atomic E-state index is 13.5. The van der Waals surface area contributed by atoms with Gasteiger partial charge in [0, 0.05) is 34.1 Å². The monoisotopic (exact) mass is 611 g/mol. The summed E-state index contributed by atoms with van der Waals surface area (Å²) in [5.74, 6) is 1.13. The molecule has 0 aliphatic heterocycles. The van der Waals surface area contributed by atoms with Gasteiger partial charge < -0.3 is 9.25 Å². The first kappa shape index (κ1) is 33.3. The van der Waals surface area contributed by atoms with Crippen LogP contribution >= 0.6 is 11.8 Å². The highest BCUT2D eigenvalue weighted by Crippen LogP contribution is 2.37. The molecule has 5 nitrogen and oxygen atoms in total. The zero-order valence-corrected chi connectivity index (χ0v) is 28.4. The smallest absolute Gasteiger partial charge is 0.331 e. The minimum Gasteiger partial charge on any atom is -0.452 e. The van der Waals surface area contributed by atoms with Crippen LogP contribution < -0.4 is 0 Å². The fourth-order valence-electron chi connectivity index (χ4n) is 4.85. The third kappa shape index (κ3) is 8.50. The van der Waals surface area contributed by atoms with Crippen molar-refractivity contribution < 1.29 is 18.8 Å². The molecule has 0 aliphatic rings. The van der Waals surface area contributed by atoms with E-state index in [1.807, 2.05) is 42.5 Å². The summed E-state index contributed by atoms with van der Waals surface area (Å²) in [6.07, 6.45) is 1.70. The van der Waals surface area contributed by atoms with Crippen LogP contribution in [-0.2, 0) is 26.2 Å². The Morgan fingerprint density at radius 2 is 1.50 bits per heavy atom. The molecule has 0 radical (unpaired) electrons. The molecule has 0 amide bonds. The van der Waals surface area contributed by atoms with E-state index in [1.54, 1.807) is 11.8 Å². The van der Waals surface area contributed by atoms with Gasteiger partial charge >= 0.3 is 5.97 Å². The van der Waals surface area contributed by atoms with Crippen LogP contribution in [0.15, 0.2) is 81.2 Å². The van der Waals surface area contributed by atoms with E-state index < -0.39 is 5.97 Å². The van der Waals surface area contributed by atoms with Gasteiger partial charge in [-0.15, -0.1) is 11.8 Å². The number of ketones is 1. The van der Waals surface area contributed by atoms with Crippen molar-refractivity contribution in [1.82, 2.24) is 0 Å². The van der Waals surface area contributed by atoms with Crippen LogP contribution in [-0.4, -0.2) is 17.5 Å². The molecular weight excluding hydrogens is 566 g/mol. The summed E-state index contributed by atoms with van der Waals surface area (Å²) in [5.41, 5.74) is 6.51. The van der Waals surface area contributed by atoms with E-state index >= 15 is 0 Å². The number of carbonyl (C=O) groups excluding carboxylic acids is 2. The molecule has 232 valence electrons. The molecule has 0 spiro atoms. The fourth-order valence-corrected chi connectivity index (χ4v) is 5.70. The first-order valence-electron chi connectivity index (χ1n) is 15.3. The zero-order valence-electron chi connectivity index (χ0n) is 27.5. The zero-order chi connectivity index (χ0) is 32.2. The number of benzene rings is 3. The summed E-state index contributed by atoms with van der Waals surface area (Å²) in [6.45, 7) is 18.8. The largest absolute Gasteiger partial charge is 0.452 e. The number of thioether (sulfide) groups is 1. The van der Waals surface area contributed by atoms with E-state index in [0.717, 1.165) is 51.3 Å². The van der Waals surface area contributed by atoms with Crippen molar-refractivity contribution >= 4 is 40.2 Å². The van der Waals surface area contributed by atoms with Gasteiger partial charge in [-0.1, -0.05) is 90.9 Å². The van der Waals surface area contributed by atoms with Crippen LogP contribution in [0.4, 0.5) is 0 Å².